The van der Waals surface area contributed by atoms with Gasteiger partial charge in [0.15, 0.2) is 16.8 Å². The predicted molar refractivity (Wildman–Crippen MR) is 51.3 cm³/mol. The average Bonchev–Trinajstić information content (AvgIpc) is 2.09. The van der Waals surface area contributed by atoms with E-state index in [4.69, 9.17) is 18.1 Å². The van der Waals surface area contributed by atoms with E-state index in [1.54, 1.807) is 28.4 Å². The van der Waals surface area contributed by atoms with E-state index in [9.17, 15) is 0 Å². The molecule has 74 valence electrons. The second-order valence-corrected chi connectivity index (χ2v) is 6.49. The largest absolute Gasteiger partial charge is 0.337 e. The van der Waals surface area contributed by atoms with Gasteiger partial charge in [0.1, 0.15) is 0 Å². The quantitative estimate of drug-likeness (QED) is 0.636. The Hall–Kier alpha value is 0.700. The van der Waals surface area contributed by atoms with Crippen molar-refractivity contribution in [1.29, 1.82) is 0 Å². The van der Waals surface area contributed by atoms with Crippen LogP contribution in [-0.4, -0.2) is 33.8 Å². The molecule has 0 aromatic rings. The molecule has 0 aromatic carbocycles. The summed E-state index contributed by atoms with van der Waals surface area (Å²) in [5.41, 5.74) is 0. The summed E-state index contributed by atoms with van der Waals surface area (Å²) in [5.74, 6) is 0. The van der Waals surface area contributed by atoms with Gasteiger partial charge in [-0.1, -0.05) is 0 Å². The van der Waals surface area contributed by atoms with Crippen LogP contribution in [0.5, 0.6) is 0 Å². The van der Waals surface area contributed by atoms with Crippen molar-refractivity contribution in [2.24, 2.45) is 0 Å². The molecule has 0 fully saturated rings. The Morgan fingerprint density at radius 2 is 1.00 bits per heavy atom. The van der Waals surface area contributed by atoms with E-state index < -0.39 is 16.8 Å². The van der Waals surface area contributed by atoms with Gasteiger partial charge < -0.3 is 18.1 Å². The normalized spacial score (nSPS) is 12.0. The summed E-state index contributed by atoms with van der Waals surface area (Å²) in [4.78, 5) is 0. The van der Waals surface area contributed by atoms with Crippen LogP contribution in [0.3, 0.4) is 0 Å². The minimum Gasteiger partial charge on any atom is -0.337 e. The van der Waals surface area contributed by atoms with Crippen molar-refractivity contribution in [2.75, 3.05) is 28.4 Å². The van der Waals surface area contributed by atoms with Crippen LogP contribution in [0.4, 0.5) is 0 Å². The summed E-state index contributed by atoms with van der Waals surface area (Å²) in [6.45, 7) is 2.00. The van der Waals surface area contributed by atoms with E-state index in [1.165, 1.54) is 0 Å². The van der Waals surface area contributed by atoms with Gasteiger partial charge in [0.2, 0.25) is 0 Å². The third-order valence-electron chi connectivity index (χ3n) is 1.33. The third-order valence-corrected chi connectivity index (χ3v) is 5.12. The second-order valence-electron chi connectivity index (χ2n) is 1.93. The number of hydrogen-bond donors (Lipinski definition) is 0. The van der Waals surface area contributed by atoms with Gasteiger partial charge in [0.25, 0.3) is 0 Å². The maximum atomic E-state index is 5.14. The van der Waals surface area contributed by atoms with E-state index in [0.717, 1.165) is 0 Å². The Morgan fingerprint density at radius 1 is 0.750 bits per heavy atom. The molecule has 0 atom stereocenters. The van der Waals surface area contributed by atoms with Crippen molar-refractivity contribution in [1.82, 2.24) is 0 Å². The molecule has 0 amide bonds. The van der Waals surface area contributed by atoms with Crippen LogP contribution in [0.15, 0.2) is 0 Å². The lowest BCUT2D eigenvalue weighted by Crippen LogP contribution is -2.03. The zero-order chi connectivity index (χ0) is 9.56. The highest BCUT2D eigenvalue weighted by molar-refractivity contribution is 7.66. The molecule has 0 radical (unpaired) electrons. The van der Waals surface area contributed by atoms with Gasteiger partial charge in [-0.2, -0.15) is 0 Å². The van der Waals surface area contributed by atoms with Crippen molar-refractivity contribution in [2.45, 2.75) is 12.3 Å². The summed E-state index contributed by atoms with van der Waals surface area (Å²) >= 11 is 0. The Kier molecular flexibility index (Phi) is 7.55. The Morgan fingerprint density at radius 3 is 1.17 bits per heavy atom. The Bertz CT molecular complexity index is 93.7. The van der Waals surface area contributed by atoms with Crippen LogP contribution >= 0.6 is 16.8 Å². The van der Waals surface area contributed by atoms with Gasteiger partial charge >= 0.3 is 0 Å². The van der Waals surface area contributed by atoms with Crippen LogP contribution in [0.2, 0.25) is 0 Å². The molecule has 0 bridgehead atoms. The first-order valence-corrected chi connectivity index (χ1v) is 5.95. The van der Waals surface area contributed by atoms with Crippen molar-refractivity contribution in [3.05, 3.63) is 0 Å². The van der Waals surface area contributed by atoms with E-state index in [-0.39, 0.29) is 5.40 Å². The van der Waals surface area contributed by atoms with Crippen LogP contribution in [0.1, 0.15) is 6.92 Å². The van der Waals surface area contributed by atoms with Crippen molar-refractivity contribution >= 4 is 16.8 Å². The molecule has 4 nitrogen and oxygen atoms in total. The van der Waals surface area contributed by atoms with Crippen LogP contribution < -0.4 is 0 Å². The molecule has 0 unspecified atom stereocenters. The maximum absolute atomic E-state index is 5.14. The molecule has 0 rings (SSSR count). The first-order valence-electron chi connectivity index (χ1n) is 3.46. The monoisotopic (exact) mass is 214 g/mol. The van der Waals surface area contributed by atoms with Crippen LogP contribution in [0.25, 0.3) is 0 Å². The van der Waals surface area contributed by atoms with E-state index in [0.29, 0.717) is 0 Å². The Balaban J connectivity index is 4.02. The Labute approximate surface area is 76.4 Å². The lowest BCUT2D eigenvalue weighted by atomic mass is 11.0. The average molecular weight is 214 g/mol. The van der Waals surface area contributed by atoms with E-state index in [1.807, 2.05) is 6.92 Å². The summed E-state index contributed by atoms with van der Waals surface area (Å²) in [7, 11) is 4.74. The molecule has 0 spiro atoms. The van der Waals surface area contributed by atoms with Gasteiger partial charge in [-0.25, -0.2) is 0 Å². The number of rotatable bonds is 6. The molecule has 0 aliphatic carbocycles. The van der Waals surface area contributed by atoms with Crippen LogP contribution in [0, 0.1) is 0 Å². The molecule has 0 saturated carbocycles. The van der Waals surface area contributed by atoms with Gasteiger partial charge in [-0.3, -0.25) is 0 Å². The molecule has 0 saturated heterocycles. The third kappa shape index (κ3) is 3.61. The molecule has 12 heavy (non-hydrogen) atoms. The lowest BCUT2D eigenvalue weighted by Gasteiger charge is -2.24. The molecular formula is C6H16O4P2. The van der Waals surface area contributed by atoms with Gasteiger partial charge in [0.05, 0.1) is 5.40 Å². The van der Waals surface area contributed by atoms with E-state index >= 15 is 0 Å². The molecular weight excluding hydrogens is 198 g/mol. The minimum absolute atomic E-state index is 0.167. The lowest BCUT2D eigenvalue weighted by molar-refractivity contribution is 0.317. The summed E-state index contributed by atoms with van der Waals surface area (Å²) in [6, 6.07) is 0. The topological polar surface area (TPSA) is 36.9 Å². The van der Waals surface area contributed by atoms with Crippen molar-refractivity contribution in [3.8, 4) is 0 Å². The zero-order valence-electron chi connectivity index (χ0n) is 8.10. The zero-order valence-corrected chi connectivity index (χ0v) is 9.89. The van der Waals surface area contributed by atoms with Crippen molar-refractivity contribution < 1.29 is 18.1 Å². The summed E-state index contributed by atoms with van der Waals surface area (Å²) in [5, 5.41) is 0.167. The molecule has 0 heterocycles. The standard InChI is InChI=1S/C6H16O4P2/c1-6(11(7-2)8-3)12(9-4)10-5/h6H,1-5H3. The van der Waals surface area contributed by atoms with Crippen LogP contribution in [-0.2, 0) is 18.1 Å². The fourth-order valence-electron chi connectivity index (χ4n) is 0.836. The van der Waals surface area contributed by atoms with E-state index in [2.05, 4.69) is 0 Å². The first kappa shape index (κ1) is 12.7. The van der Waals surface area contributed by atoms with Crippen molar-refractivity contribution in [3.63, 3.8) is 0 Å². The first-order chi connectivity index (χ1) is 5.71. The molecule has 0 N–H and O–H groups in total. The summed E-state index contributed by atoms with van der Waals surface area (Å²) < 4.78 is 20.6. The van der Waals surface area contributed by atoms with Gasteiger partial charge in [0, 0.05) is 28.4 Å². The smallest absolute Gasteiger partial charge is 0.182 e. The fraction of sp³-hybridized carbons (Fsp3) is 1.00. The SMILES string of the molecule is COP(OC)C(C)P(OC)OC. The van der Waals surface area contributed by atoms with Gasteiger partial charge in [-0.05, 0) is 6.92 Å². The van der Waals surface area contributed by atoms with Gasteiger partial charge in [-0.15, -0.1) is 0 Å². The molecule has 6 heteroatoms. The predicted octanol–water partition coefficient (Wildman–Crippen LogP) is 2.54. The minimum atomic E-state index is -0.890. The summed E-state index contributed by atoms with van der Waals surface area (Å²) in [6.07, 6.45) is 0. The number of hydrogen-bond acceptors (Lipinski definition) is 4. The fourth-order valence-corrected chi connectivity index (χ4v) is 4.10. The molecule has 0 aliphatic heterocycles. The highest BCUT2D eigenvalue weighted by atomic mass is 31.2. The molecule has 0 aromatic heterocycles. The highest BCUT2D eigenvalue weighted by Gasteiger charge is 2.27. The second kappa shape index (κ2) is 7.14. The highest BCUT2D eigenvalue weighted by Crippen LogP contribution is 2.58. The maximum Gasteiger partial charge on any atom is 0.182 e. The molecule has 0 aliphatic rings.